The normalized spacial score (nSPS) is 18.6. The molecule has 0 bridgehead atoms. The van der Waals surface area contributed by atoms with Gasteiger partial charge in [0.2, 0.25) is 0 Å². The quantitative estimate of drug-likeness (QED) is 0.652. The minimum atomic E-state index is -0.869. The third-order valence-corrected chi connectivity index (χ3v) is 5.29. The second kappa shape index (κ2) is 9.43. The molecule has 4 rings (SSSR count). The summed E-state index contributed by atoms with van der Waals surface area (Å²) in [6.07, 6.45) is -0.869. The second-order valence-corrected chi connectivity index (χ2v) is 7.77. The molecular weight excluding hydrogens is 438 g/mol. The van der Waals surface area contributed by atoms with Gasteiger partial charge in [0, 0.05) is 28.6 Å². The summed E-state index contributed by atoms with van der Waals surface area (Å²) in [5.41, 5.74) is 1.70. The third-order valence-electron chi connectivity index (χ3n) is 5.04. The maximum Gasteiger partial charge on any atom is 0.340 e. The highest BCUT2D eigenvalue weighted by Gasteiger charge is 2.36. The number of anilines is 3. The van der Waals surface area contributed by atoms with Crippen molar-refractivity contribution in [3.8, 4) is 0 Å². The molecule has 11 heteroatoms. The molecule has 5 amide bonds. The summed E-state index contributed by atoms with van der Waals surface area (Å²) in [5, 5.41) is 18.2. The lowest BCUT2D eigenvalue weighted by molar-refractivity contribution is -0.125. The van der Waals surface area contributed by atoms with Gasteiger partial charge < -0.3 is 25.4 Å². The Morgan fingerprint density at radius 2 is 1.47 bits per heavy atom. The fourth-order valence-corrected chi connectivity index (χ4v) is 3.59. The van der Waals surface area contributed by atoms with Crippen molar-refractivity contribution in [3.05, 3.63) is 53.6 Å². The van der Waals surface area contributed by atoms with E-state index >= 15 is 0 Å². The Bertz CT molecular complexity index is 1000. The summed E-state index contributed by atoms with van der Waals surface area (Å²) in [5.74, 6) is -0.124. The number of halogens is 1. The van der Waals surface area contributed by atoms with E-state index in [1.807, 2.05) is 0 Å². The van der Waals surface area contributed by atoms with Crippen molar-refractivity contribution in [3.63, 3.8) is 0 Å². The topological polar surface area (TPSA) is 114 Å². The van der Waals surface area contributed by atoms with Gasteiger partial charge in [0.1, 0.15) is 6.61 Å². The lowest BCUT2D eigenvalue weighted by atomic mass is 10.2. The van der Waals surface area contributed by atoms with Gasteiger partial charge in [-0.1, -0.05) is 11.6 Å². The summed E-state index contributed by atoms with van der Waals surface area (Å²) in [6, 6.07) is 12.2. The Kier molecular flexibility index (Phi) is 6.45. The van der Waals surface area contributed by atoms with Crippen LogP contribution in [-0.4, -0.2) is 72.0 Å². The molecular formula is C21H22ClN5O5. The van der Waals surface area contributed by atoms with E-state index in [-0.39, 0.29) is 25.6 Å². The highest BCUT2D eigenvalue weighted by Crippen LogP contribution is 2.22. The van der Waals surface area contributed by atoms with Gasteiger partial charge in [-0.25, -0.2) is 19.6 Å². The molecule has 168 valence electrons. The zero-order chi connectivity index (χ0) is 22.7. The molecule has 0 radical (unpaired) electrons. The molecule has 2 aliphatic heterocycles. The number of ether oxygens (including phenoxy) is 1. The summed E-state index contributed by atoms with van der Waals surface area (Å²) in [4.78, 5) is 39.0. The molecule has 0 saturated carbocycles. The number of nitrogens with one attached hydrogen (secondary N) is 2. The van der Waals surface area contributed by atoms with Gasteiger partial charge in [-0.3, -0.25) is 4.79 Å². The largest absolute Gasteiger partial charge is 0.389 e. The molecule has 10 nitrogen and oxygen atoms in total. The van der Waals surface area contributed by atoms with E-state index in [0.717, 1.165) is 10.0 Å². The minimum Gasteiger partial charge on any atom is -0.389 e. The molecule has 2 aromatic rings. The highest BCUT2D eigenvalue weighted by molar-refractivity contribution is 6.30. The van der Waals surface area contributed by atoms with Crippen LogP contribution in [0.5, 0.6) is 0 Å². The van der Waals surface area contributed by atoms with Crippen LogP contribution in [0.15, 0.2) is 48.5 Å². The smallest absolute Gasteiger partial charge is 0.340 e. The Morgan fingerprint density at radius 1 is 0.938 bits per heavy atom. The molecule has 2 heterocycles. The first-order chi connectivity index (χ1) is 15.4. The van der Waals surface area contributed by atoms with E-state index in [1.54, 1.807) is 53.4 Å². The number of carbonyl (C=O) groups excluding carboxylic acids is 3. The molecule has 0 aromatic heterocycles. The van der Waals surface area contributed by atoms with Crippen LogP contribution in [0.4, 0.5) is 26.7 Å². The standard InChI is InChI=1S/C21H22ClN5O5/c22-14-1-3-15(4-2-14)23-20(30)26-11-18(28)12-27(26)21(31)24-16-5-7-17(8-6-16)25-9-10-32-13-19(25)29/h1-8,18,28H,9-13H2,(H,23,30)(H,24,31). The van der Waals surface area contributed by atoms with Crippen LogP contribution in [0.2, 0.25) is 5.02 Å². The Hall–Kier alpha value is -3.34. The molecule has 1 atom stereocenters. The number of nitrogens with zero attached hydrogens (tertiary/aromatic N) is 3. The zero-order valence-corrected chi connectivity index (χ0v) is 17.8. The number of aliphatic hydroxyl groups is 1. The molecule has 32 heavy (non-hydrogen) atoms. The van der Waals surface area contributed by atoms with Crippen LogP contribution in [-0.2, 0) is 9.53 Å². The lowest BCUT2D eigenvalue weighted by Gasteiger charge is -2.28. The first kappa shape index (κ1) is 21.9. The van der Waals surface area contributed by atoms with Gasteiger partial charge in [0.15, 0.2) is 0 Å². The summed E-state index contributed by atoms with van der Waals surface area (Å²) in [7, 11) is 0. The number of morpholine rings is 1. The van der Waals surface area contributed by atoms with Gasteiger partial charge in [0.05, 0.1) is 25.8 Å². The molecule has 0 spiro atoms. The average molecular weight is 460 g/mol. The molecule has 0 aliphatic carbocycles. The Balaban J connectivity index is 1.40. The third kappa shape index (κ3) is 4.93. The van der Waals surface area contributed by atoms with Crippen LogP contribution < -0.4 is 15.5 Å². The van der Waals surface area contributed by atoms with E-state index in [9.17, 15) is 19.5 Å². The van der Waals surface area contributed by atoms with Gasteiger partial charge in [0.25, 0.3) is 5.91 Å². The van der Waals surface area contributed by atoms with Crippen molar-refractivity contribution in [2.75, 3.05) is 48.4 Å². The Labute approximate surface area is 189 Å². The average Bonchev–Trinajstić information content (AvgIpc) is 3.18. The number of hydrogen-bond acceptors (Lipinski definition) is 5. The van der Waals surface area contributed by atoms with Gasteiger partial charge in [-0.05, 0) is 48.5 Å². The number of rotatable bonds is 3. The highest BCUT2D eigenvalue weighted by atomic mass is 35.5. The lowest BCUT2D eigenvalue weighted by Crippen LogP contribution is -2.48. The minimum absolute atomic E-state index is 0.0229. The monoisotopic (exact) mass is 459 g/mol. The Morgan fingerprint density at radius 3 is 2.00 bits per heavy atom. The van der Waals surface area contributed by atoms with Crippen LogP contribution in [0.1, 0.15) is 0 Å². The number of hydrazine groups is 1. The van der Waals surface area contributed by atoms with Crippen molar-refractivity contribution < 1.29 is 24.2 Å². The number of aliphatic hydroxyl groups excluding tert-OH is 1. The van der Waals surface area contributed by atoms with Crippen molar-refractivity contribution in [1.82, 2.24) is 10.0 Å². The number of hydrogen-bond donors (Lipinski definition) is 3. The molecule has 2 saturated heterocycles. The van der Waals surface area contributed by atoms with E-state index in [1.165, 1.54) is 0 Å². The number of carbonyl (C=O) groups is 3. The molecule has 3 N–H and O–H groups in total. The maximum atomic E-state index is 12.8. The summed E-state index contributed by atoms with van der Waals surface area (Å²) < 4.78 is 5.13. The fraction of sp³-hybridized carbons (Fsp3) is 0.286. The number of urea groups is 2. The predicted molar refractivity (Wildman–Crippen MR) is 119 cm³/mol. The zero-order valence-electron chi connectivity index (χ0n) is 17.0. The van der Waals surface area contributed by atoms with Gasteiger partial charge in [-0.2, -0.15) is 0 Å². The number of amides is 5. The van der Waals surface area contributed by atoms with Crippen LogP contribution in [0, 0.1) is 0 Å². The van der Waals surface area contributed by atoms with Crippen molar-refractivity contribution in [2.45, 2.75) is 6.10 Å². The maximum absolute atomic E-state index is 12.8. The molecule has 2 fully saturated rings. The number of benzene rings is 2. The van der Waals surface area contributed by atoms with E-state index in [4.69, 9.17) is 16.3 Å². The van der Waals surface area contributed by atoms with Gasteiger partial charge in [-0.15, -0.1) is 0 Å². The summed E-state index contributed by atoms with van der Waals surface area (Å²) >= 11 is 5.85. The first-order valence-corrected chi connectivity index (χ1v) is 10.4. The van der Waals surface area contributed by atoms with E-state index in [2.05, 4.69) is 10.6 Å². The van der Waals surface area contributed by atoms with Crippen LogP contribution in [0.3, 0.4) is 0 Å². The van der Waals surface area contributed by atoms with Crippen molar-refractivity contribution >= 4 is 46.6 Å². The molecule has 2 aliphatic rings. The molecule has 1 unspecified atom stereocenters. The molecule has 2 aromatic carbocycles. The van der Waals surface area contributed by atoms with E-state index < -0.39 is 18.2 Å². The first-order valence-electron chi connectivity index (χ1n) is 9.99. The predicted octanol–water partition coefficient (Wildman–Crippen LogP) is 2.36. The fourth-order valence-electron chi connectivity index (χ4n) is 3.46. The SMILES string of the molecule is O=C1COCCN1c1ccc(NC(=O)N2CC(O)CN2C(=O)Nc2ccc(Cl)cc2)cc1. The van der Waals surface area contributed by atoms with Crippen molar-refractivity contribution in [2.24, 2.45) is 0 Å². The van der Waals surface area contributed by atoms with Crippen LogP contribution >= 0.6 is 11.6 Å². The number of β-amino-alcohol motifs (C(OH)–C–C–N with tert-alkyl or cyclic N) is 1. The van der Waals surface area contributed by atoms with Crippen molar-refractivity contribution in [1.29, 1.82) is 0 Å². The second-order valence-electron chi connectivity index (χ2n) is 7.33. The van der Waals surface area contributed by atoms with Gasteiger partial charge >= 0.3 is 12.1 Å². The van der Waals surface area contributed by atoms with E-state index in [0.29, 0.717) is 35.2 Å². The summed E-state index contributed by atoms with van der Waals surface area (Å²) in [6.45, 7) is 0.929. The van der Waals surface area contributed by atoms with Crippen LogP contribution in [0.25, 0.3) is 0 Å².